The van der Waals surface area contributed by atoms with E-state index in [1.807, 2.05) is 13.8 Å². The van der Waals surface area contributed by atoms with Crippen LogP contribution in [0.2, 0.25) is 0 Å². The van der Waals surface area contributed by atoms with E-state index in [0.29, 0.717) is 18.7 Å². The topological polar surface area (TPSA) is 53.2 Å². The van der Waals surface area contributed by atoms with Crippen molar-refractivity contribution in [3.05, 3.63) is 46.4 Å². The Kier molecular flexibility index (Phi) is 4.05. The Hall–Kier alpha value is -1.84. The quantitative estimate of drug-likeness (QED) is 0.780. The van der Waals surface area contributed by atoms with Gasteiger partial charge in [-0.1, -0.05) is 12.2 Å². The number of aromatic amines is 1. The second-order valence-electron chi connectivity index (χ2n) is 3.72. The number of carbonyl (C=O) groups is 1. The first-order chi connectivity index (χ1) is 7.54. The van der Waals surface area contributed by atoms with E-state index in [1.54, 1.807) is 11.0 Å². The number of likely N-dealkylation sites (N-methyl/N-ethyl adjacent to an activating group) is 1. The highest BCUT2D eigenvalue weighted by molar-refractivity contribution is 5.94. The number of rotatable bonds is 4. The molecule has 0 aromatic carbocycles. The van der Waals surface area contributed by atoms with E-state index in [4.69, 9.17) is 0 Å². The van der Waals surface area contributed by atoms with Crippen LogP contribution in [0, 0.1) is 0 Å². The highest BCUT2D eigenvalue weighted by Gasteiger charge is 2.13. The molecule has 1 rings (SSSR count). The summed E-state index contributed by atoms with van der Waals surface area (Å²) in [5, 5.41) is 0. The average Bonchev–Trinajstić information content (AvgIpc) is 2.24. The number of nitrogens with zero attached hydrogens (tertiary/aromatic N) is 1. The lowest BCUT2D eigenvalue weighted by molar-refractivity contribution is 0.0778. The van der Waals surface area contributed by atoms with Gasteiger partial charge in [-0.15, -0.1) is 0 Å². The van der Waals surface area contributed by atoms with Gasteiger partial charge in [-0.25, -0.2) is 0 Å². The van der Waals surface area contributed by atoms with Crippen molar-refractivity contribution in [2.75, 3.05) is 13.1 Å². The molecule has 0 unspecified atom stereocenters. The van der Waals surface area contributed by atoms with Crippen molar-refractivity contribution in [2.45, 2.75) is 13.8 Å². The number of aromatic nitrogens is 1. The number of nitrogens with one attached hydrogen (secondary N) is 1. The molecule has 1 N–H and O–H groups in total. The van der Waals surface area contributed by atoms with Crippen molar-refractivity contribution in [3.8, 4) is 0 Å². The summed E-state index contributed by atoms with van der Waals surface area (Å²) in [6.07, 6.45) is 1.48. The van der Waals surface area contributed by atoms with Crippen LogP contribution >= 0.6 is 0 Å². The minimum Gasteiger partial charge on any atom is -0.335 e. The largest absolute Gasteiger partial charge is 0.335 e. The van der Waals surface area contributed by atoms with Gasteiger partial charge >= 0.3 is 0 Å². The van der Waals surface area contributed by atoms with E-state index >= 15 is 0 Å². The molecule has 0 radical (unpaired) electrons. The summed E-state index contributed by atoms with van der Waals surface area (Å²) < 4.78 is 0. The minimum atomic E-state index is -0.266. The minimum absolute atomic E-state index is 0.142. The summed E-state index contributed by atoms with van der Waals surface area (Å²) in [6.45, 7) is 8.65. The van der Waals surface area contributed by atoms with Crippen molar-refractivity contribution in [1.29, 1.82) is 0 Å². The second-order valence-corrected chi connectivity index (χ2v) is 3.72. The van der Waals surface area contributed by atoms with E-state index in [0.717, 1.165) is 5.57 Å². The van der Waals surface area contributed by atoms with Crippen LogP contribution in [0.1, 0.15) is 24.2 Å². The second kappa shape index (κ2) is 5.30. The lowest BCUT2D eigenvalue weighted by Gasteiger charge is -2.20. The number of pyridine rings is 1. The molecule has 1 aromatic rings. The molecular weight excluding hydrogens is 204 g/mol. The predicted octanol–water partition coefficient (Wildman–Crippen LogP) is 1.41. The van der Waals surface area contributed by atoms with Gasteiger partial charge in [-0.2, -0.15) is 0 Å². The monoisotopic (exact) mass is 220 g/mol. The molecule has 0 fully saturated rings. The molecule has 0 spiro atoms. The van der Waals surface area contributed by atoms with Gasteiger partial charge in [0.1, 0.15) is 0 Å². The van der Waals surface area contributed by atoms with Crippen molar-refractivity contribution >= 4 is 5.91 Å². The molecule has 16 heavy (non-hydrogen) atoms. The smallest absolute Gasteiger partial charge is 0.254 e. The van der Waals surface area contributed by atoms with Crippen LogP contribution in [-0.4, -0.2) is 28.9 Å². The fraction of sp³-hybridized carbons (Fsp3) is 0.333. The summed E-state index contributed by atoms with van der Waals surface area (Å²) in [7, 11) is 0. The van der Waals surface area contributed by atoms with Gasteiger partial charge in [0.15, 0.2) is 0 Å². The Labute approximate surface area is 94.6 Å². The zero-order chi connectivity index (χ0) is 12.1. The Balaban J connectivity index is 2.91. The predicted molar refractivity (Wildman–Crippen MR) is 63.5 cm³/mol. The van der Waals surface area contributed by atoms with Crippen LogP contribution in [0.15, 0.2) is 35.3 Å². The molecule has 0 saturated carbocycles. The molecule has 86 valence electrons. The average molecular weight is 220 g/mol. The van der Waals surface area contributed by atoms with E-state index in [1.165, 1.54) is 12.3 Å². The number of amides is 1. The molecule has 0 bridgehead atoms. The SMILES string of the molecule is C=C(C)CN(CC)C(=O)c1cc[nH]c(=O)c1. The number of carbonyl (C=O) groups excluding carboxylic acids is 1. The molecule has 1 amide bonds. The number of hydrogen-bond donors (Lipinski definition) is 1. The molecule has 1 aromatic heterocycles. The van der Waals surface area contributed by atoms with Gasteiger partial charge in [-0.3, -0.25) is 9.59 Å². The van der Waals surface area contributed by atoms with Gasteiger partial charge < -0.3 is 9.88 Å². The van der Waals surface area contributed by atoms with Crippen LogP contribution in [-0.2, 0) is 0 Å². The van der Waals surface area contributed by atoms with Gasteiger partial charge in [0.2, 0.25) is 5.56 Å². The summed E-state index contributed by atoms with van der Waals surface area (Å²) in [5.74, 6) is -0.142. The van der Waals surface area contributed by atoms with Crippen LogP contribution in [0.25, 0.3) is 0 Å². The highest BCUT2D eigenvalue weighted by Crippen LogP contribution is 2.04. The zero-order valence-electron chi connectivity index (χ0n) is 9.62. The van der Waals surface area contributed by atoms with Gasteiger partial charge in [0.25, 0.3) is 5.91 Å². The first kappa shape index (κ1) is 12.2. The van der Waals surface area contributed by atoms with Gasteiger partial charge in [0.05, 0.1) is 0 Å². The first-order valence-electron chi connectivity index (χ1n) is 5.17. The molecule has 4 heteroatoms. The van der Waals surface area contributed by atoms with E-state index in [-0.39, 0.29) is 11.5 Å². The third-order valence-electron chi connectivity index (χ3n) is 2.15. The molecule has 0 aliphatic rings. The maximum absolute atomic E-state index is 12.0. The fourth-order valence-electron chi connectivity index (χ4n) is 1.41. The maximum Gasteiger partial charge on any atom is 0.254 e. The standard InChI is InChI=1S/C12H16N2O2/c1-4-14(8-9(2)3)12(16)10-5-6-13-11(15)7-10/h5-7H,2,4,8H2,1,3H3,(H,13,15). The normalized spacial score (nSPS) is 9.88. The van der Waals surface area contributed by atoms with E-state index < -0.39 is 0 Å². The summed E-state index contributed by atoms with van der Waals surface area (Å²) in [5.41, 5.74) is 1.06. The molecule has 4 nitrogen and oxygen atoms in total. The fourth-order valence-corrected chi connectivity index (χ4v) is 1.41. The Morgan fingerprint density at radius 3 is 2.75 bits per heavy atom. The molecule has 0 saturated heterocycles. The van der Waals surface area contributed by atoms with E-state index in [2.05, 4.69) is 11.6 Å². The summed E-state index contributed by atoms with van der Waals surface area (Å²) >= 11 is 0. The lowest BCUT2D eigenvalue weighted by atomic mass is 10.2. The molecule has 0 aliphatic carbocycles. The van der Waals surface area contributed by atoms with Crippen molar-refractivity contribution in [2.24, 2.45) is 0 Å². The van der Waals surface area contributed by atoms with Crippen molar-refractivity contribution in [3.63, 3.8) is 0 Å². The zero-order valence-corrected chi connectivity index (χ0v) is 9.62. The molecule has 1 heterocycles. The van der Waals surface area contributed by atoms with Gasteiger partial charge in [0, 0.05) is 30.9 Å². The number of H-pyrrole nitrogens is 1. The number of hydrogen-bond acceptors (Lipinski definition) is 2. The molecule has 0 aliphatic heterocycles. The van der Waals surface area contributed by atoms with Gasteiger partial charge in [-0.05, 0) is 19.9 Å². The Morgan fingerprint density at radius 2 is 2.25 bits per heavy atom. The van der Waals surface area contributed by atoms with Crippen LogP contribution in [0.4, 0.5) is 0 Å². The van der Waals surface area contributed by atoms with Crippen LogP contribution in [0.5, 0.6) is 0 Å². The third-order valence-corrected chi connectivity index (χ3v) is 2.15. The molecule has 0 atom stereocenters. The first-order valence-corrected chi connectivity index (χ1v) is 5.17. The third kappa shape index (κ3) is 3.08. The van der Waals surface area contributed by atoms with Crippen LogP contribution < -0.4 is 5.56 Å². The summed E-state index contributed by atoms with van der Waals surface area (Å²) in [4.78, 5) is 27.2. The lowest BCUT2D eigenvalue weighted by Crippen LogP contribution is -2.32. The summed E-state index contributed by atoms with van der Waals surface area (Å²) in [6, 6.07) is 2.91. The molecular formula is C12H16N2O2. The van der Waals surface area contributed by atoms with E-state index in [9.17, 15) is 9.59 Å². The van der Waals surface area contributed by atoms with Crippen molar-refractivity contribution in [1.82, 2.24) is 9.88 Å². The van der Waals surface area contributed by atoms with Crippen molar-refractivity contribution < 1.29 is 4.79 Å². The Bertz CT molecular complexity index is 448. The Morgan fingerprint density at radius 1 is 1.56 bits per heavy atom. The maximum atomic E-state index is 12.0. The van der Waals surface area contributed by atoms with Crippen LogP contribution in [0.3, 0.4) is 0 Å². The highest BCUT2D eigenvalue weighted by atomic mass is 16.2.